The van der Waals surface area contributed by atoms with Crippen molar-refractivity contribution < 1.29 is 9.15 Å². The Kier molecular flexibility index (Phi) is 3.87. The number of nitrogens with zero attached hydrogens (tertiary/aromatic N) is 1. The van der Waals surface area contributed by atoms with Gasteiger partial charge in [-0.3, -0.25) is 0 Å². The standard InChI is InChI=1S/C16H26N2O2/c1-4-19-14-9-13(16(14)7-5-6-8-16)18-12(3)15-17-10-11(2)20-15/h10,12-14,18H,4-9H2,1-3H3. The minimum Gasteiger partial charge on any atom is -0.444 e. The van der Waals surface area contributed by atoms with Crippen molar-refractivity contribution in [3.05, 3.63) is 17.8 Å². The van der Waals surface area contributed by atoms with Gasteiger partial charge in [-0.2, -0.15) is 0 Å². The fraction of sp³-hybridized carbons (Fsp3) is 0.812. The van der Waals surface area contributed by atoms with Gasteiger partial charge in [0.25, 0.3) is 0 Å². The lowest BCUT2D eigenvalue weighted by molar-refractivity contribution is -0.132. The van der Waals surface area contributed by atoms with Crippen molar-refractivity contribution >= 4 is 0 Å². The smallest absolute Gasteiger partial charge is 0.211 e. The molecule has 1 heterocycles. The van der Waals surface area contributed by atoms with E-state index in [-0.39, 0.29) is 6.04 Å². The highest BCUT2D eigenvalue weighted by molar-refractivity contribution is 5.11. The van der Waals surface area contributed by atoms with E-state index in [0.717, 1.165) is 24.7 Å². The van der Waals surface area contributed by atoms with Gasteiger partial charge in [-0.05, 0) is 40.0 Å². The van der Waals surface area contributed by atoms with Crippen molar-refractivity contribution in [3.63, 3.8) is 0 Å². The second kappa shape index (κ2) is 5.49. The lowest BCUT2D eigenvalue weighted by Gasteiger charge is -2.54. The maximum absolute atomic E-state index is 5.96. The summed E-state index contributed by atoms with van der Waals surface area (Å²) < 4.78 is 11.6. The number of hydrogen-bond acceptors (Lipinski definition) is 4. The van der Waals surface area contributed by atoms with Gasteiger partial charge in [-0.15, -0.1) is 0 Å². The van der Waals surface area contributed by atoms with Crippen LogP contribution in [-0.2, 0) is 4.74 Å². The maximum atomic E-state index is 5.96. The van der Waals surface area contributed by atoms with E-state index in [4.69, 9.17) is 9.15 Å². The minimum absolute atomic E-state index is 0.175. The number of oxazole rings is 1. The summed E-state index contributed by atoms with van der Waals surface area (Å²) >= 11 is 0. The van der Waals surface area contributed by atoms with Crippen molar-refractivity contribution in [3.8, 4) is 0 Å². The summed E-state index contributed by atoms with van der Waals surface area (Å²) in [5.74, 6) is 1.68. The Morgan fingerprint density at radius 2 is 2.25 bits per heavy atom. The van der Waals surface area contributed by atoms with Crippen molar-refractivity contribution in [1.82, 2.24) is 10.3 Å². The second-order valence-corrected chi connectivity index (χ2v) is 6.37. The molecule has 4 nitrogen and oxygen atoms in total. The predicted octanol–water partition coefficient (Wildman–Crippen LogP) is 3.37. The summed E-state index contributed by atoms with van der Waals surface area (Å²) in [4.78, 5) is 4.34. The second-order valence-electron chi connectivity index (χ2n) is 6.37. The lowest BCUT2D eigenvalue weighted by atomic mass is 9.60. The first-order chi connectivity index (χ1) is 9.65. The summed E-state index contributed by atoms with van der Waals surface area (Å²) in [6.07, 6.45) is 8.65. The third-order valence-corrected chi connectivity index (χ3v) is 5.15. The van der Waals surface area contributed by atoms with Crippen LogP contribution in [0.3, 0.4) is 0 Å². The molecule has 0 bridgehead atoms. The summed E-state index contributed by atoms with van der Waals surface area (Å²) in [6, 6.07) is 0.720. The van der Waals surface area contributed by atoms with Gasteiger partial charge >= 0.3 is 0 Å². The van der Waals surface area contributed by atoms with E-state index >= 15 is 0 Å². The van der Waals surface area contributed by atoms with Crippen LogP contribution in [0.2, 0.25) is 0 Å². The highest BCUT2D eigenvalue weighted by Gasteiger charge is 2.56. The van der Waals surface area contributed by atoms with Crippen LogP contribution in [0, 0.1) is 12.3 Å². The molecule has 112 valence electrons. The Bertz CT molecular complexity index is 451. The molecule has 1 aromatic heterocycles. The van der Waals surface area contributed by atoms with Crippen molar-refractivity contribution in [2.75, 3.05) is 6.61 Å². The number of nitrogens with one attached hydrogen (secondary N) is 1. The number of ether oxygens (including phenoxy) is 1. The largest absolute Gasteiger partial charge is 0.444 e. The normalized spacial score (nSPS) is 29.6. The highest BCUT2D eigenvalue weighted by atomic mass is 16.5. The number of aromatic nitrogens is 1. The van der Waals surface area contributed by atoms with E-state index in [0.29, 0.717) is 17.6 Å². The molecule has 2 aliphatic rings. The van der Waals surface area contributed by atoms with Crippen LogP contribution in [0.5, 0.6) is 0 Å². The van der Waals surface area contributed by atoms with Gasteiger partial charge in [-0.1, -0.05) is 12.8 Å². The molecule has 3 unspecified atom stereocenters. The molecule has 1 N–H and O–H groups in total. The molecule has 1 spiro atoms. The predicted molar refractivity (Wildman–Crippen MR) is 77.5 cm³/mol. The minimum atomic E-state index is 0.175. The van der Waals surface area contributed by atoms with E-state index in [1.54, 1.807) is 6.20 Å². The Morgan fingerprint density at radius 3 is 2.85 bits per heavy atom. The summed E-state index contributed by atoms with van der Waals surface area (Å²) in [5, 5.41) is 3.73. The Morgan fingerprint density at radius 1 is 1.50 bits per heavy atom. The van der Waals surface area contributed by atoms with E-state index in [1.807, 2.05) is 6.92 Å². The van der Waals surface area contributed by atoms with Crippen LogP contribution < -0.4 is 5.32 Å². The summed E-state index contributed by atoms with van der Waals surface area (Å²) in [6.45, 7) is 7.01. The first kappa shape index (κ1) is 14.1. The van der Waals surface area contributed by atoms with Gasteiger partial charge in [0.15, 0.2) is 0 Å². The monoisotopic (exact) mass is 278 g/mol. The van der Waals surface area contributed by atoms with Crippen molar-refractivity contribution in [2.24, 2.45) is 5.41 Å². The quantitative estimate of drug-likeness (QED) is 0.897. The molecule has 1 aromatic rings. The molecule has 2 aliphatic carbocycles. The molecule has 0 radical (unpaired) electrons. The third-order valence-electron chi connectivity index (χ3n) is 5.15. The van der Waals surface area contributed by atoms with Crippen LogP contribution in [-0.4, -0.2) is 23.7 Å². The fourth-order valence-electron chi connectivity index (χ4n) is 4.07. The number of aryl methyl sites for hydroxylation is 1. The Balaban J connectivity index is 1.65. The topological polar surface area (TPSA) is 47.3 Å². The van der Waals surface area contributed by atoms with Crippen LogP contribution >= 0.6 is 0 Å². The van der Waals surface area contributed by atoms with E-state index in [1.165, 1.54) is 25.7 Å². The molecule has 2 fully saturated rings. The zero-order valence-corrected chi connectivity index (χ0v) is 12.8. The van der Waals surface area contributed by atoms with Gasteiger partial charge < -0.3 is 14.5 Å². The summed E-state index contributed by atoms with van der Waals surface area (Å²) in [5.41, 5.74) is 0.367. The van der Waals surface area contributed by atoms with E-state index in [9.17, 15) is 0 Å². The Hall–Kier alpha value is -0.870. The van der Waals surface area contributed by atoms with Gasteiger partial charge in [0.2, 0.25) is 5.89 Å². The van der Waals surface area contributed by atoms with Crippen LogP contribution in [0.25, 0.3) is 0 Å². The van der Waals surface area contributed by atoms with Crippen molar-refractivity contribution in [2.45, 2.75) is 71.1 Å². The summed E-state index contributed by atoms with van der Waals surface area (Å²) in [7, 11) is 0. The van der Waals surface area contributed by atoms with Gasteiger partial charge in [-0.25, -0.2) is 4.98 Å². The molecule has 4 heteroatoms. The molecule has 20 heavy (non-hydrogen) atoms. The third kappa shape index (κ3) is 2.29. The van der Waals surface area contributed by atoms with Crippen molar-refractivity contribution in [1.29, 1.82) is 0 Å². The van der Waals surface area contributed by atoms with Gasteiger partial charge in [0.1, 0.15) is 5.76 Å². The zero-order chi connectivity index (χ0) is 14.2. The van der Waals surface area contributed by atoms with Crippen LogP contribution in [0.4, 0.5) is 0 Å². The number of hydrogen-bond donors (Lipinski definition) is 1. The number of rotatable bonds is 5. The zero-order valence-electron chi connectivity index (χ0n) is 12.8. The maximum Gasteiger partial charge on any atom is 0.211 e. The molecule has 0 amide bonds. The van der Waals surface area contributed by atoms with E-state index < -0.39 is 0 Å². The molecule has 0 saturated heterocycles. The molecule has 0 aliphatic heterocycles. The molecule has 2 saturated carbocycles. The molecule has 3 atom stereocenters. The molecular weight excluding hydrogens is 252 g/mol. The first-order valence-electron chi connectivity index (χ1n) is 7.95. The van der Waals surface area contributed by atoms with Crippen LogP contribution in [0.1, 0.15) is 63.6 Å². The van der Waals surface area contributed by atoms with Gasteiger partial charge in [0, 0.05) is 18.1 Å². The Labute approximate surface area is 121 Å². The molecule has 3 rings (SSSR count). The lowest BCUT2D eigenvalue weighted by Crippen LogP contribution is -2.63. The van der Waals surface area contributed by atoms with E-state index in [2.05, 4.69) is 24.1 Å². The fourth-order valence-corrected chi connectivity index (χ4v) is 4.07. The van der Waals surface area contributed by atoms with Crippen LogP contribution in [0.15, 0.2) is 10.6 Å². The highest BCUT2D eigenvalue weighted by Crippen LogP contribution is 2.55. The average Bonchev–Trinajstić information content (AvgIpc) is 3.07. The SMILES string of the molecule is CCOC1CC(NC(C)c2ncc(C)o2)C12CCCC2. The molecule has 0 aromatic carbocycles. The first-order valence-corrected chi connectivity index (χ1v) is 7.95. The molecular formula is C16H26N2O2. The average molecular weight is 278 g/mol. The van der Waals surface area contributed by atoms with Gasteiger partial charge in [0.05, 0.1) is 18.3 Å².